The molecule has 0 aliphatic carbocycles. The van der Waals surface area contributed by atoms with Gasteiger partial charge in [0.15, 0.2) is 0 Å². The van der Waals surface area contributed by atoms with Crippen molar-refractivity contribution in [1.82, 2.24) is 5.32 Å². The monoisotopic (exact) mass is 202 g/mol. The summed E-state index contributed by atoms with van der Waals surface area (Å²) in [6.07, 6.45) is 6.58. The van der Waals surface area contributed by atoms with Gasteiger partial charge in [0.2, 0.25) is 0 Å². The number of nitrogens with two attached hydrogens (primary N) is 1. The van der Waals surface area contributed by atoms with Crippen molar-refractivity contribution in [2.24, 2.45) is 5.73 Å². The van der Waals surface area contributed by atoms with Crippen molar-refractivity contribution in [3.05, 3.63) is 23.0 Å². The molecule has 0 amide bonds. The summed E-state index contributed by atoms with van der Waals surface area (Å²) in [5.41, 5.74) is 5.67. The van der Waals surface area contributed by atoms with Gasteiger partial charge in [-0.3, -0.25) is 0 Å². The van der Waals surface area contributed by atoms with E-state index in [1.54, 1.807) is 0 Å². The van der Waals surface area contributed by atoms with Crippen LogP contribution in [0.1, 0.15) is 13.3 Å². The van der Waals surface area contributed by atoms with Gasteiger partial charge in [0.1, 0.15) is 0 Å². The zero-order valence-electron chi connectivity index (χ0n) is 5.89. The van der Waals surface area contributed by atoms with Crippen LogP contribution < -0.4 is 11.1 Å². The van der Waals surface area contributed by atoms with Crippen LogP contribution >= 0.6 is 15.9 Å². The van der Waals surface area contributed by atoms with Crippen molar-refractivity contribution in [3.63, 3.8) is 0 Å². The van der Waals surface area contributed by atoms with E-state index in [2.05, 4.69) is 28.2 Å². The number of halogens is 1. The smallest absolute Gasteiger partial charge is 0.0690 e. The van der Waals surface area contributed by atoms with Crippen molar-refractivity contribution in [2.45, 2.75) is 18.9 Å². The van der Waals surface area contributed by atoms with Gasteiger partial charge in [-0.15, -0.1) is 0 Å². The summed E-state index contributed by atoms with van der Waals surface area (Å²) in [5, 5.41) is 2.95. The highest BCUT2D eigenvalue weighted by molar-refractivity contribution is 9.11. The molecule has 0 aromatic carbocycles. The van der Waals surface area contributed by atoms with E-state index in [9.17, 15) is 0 Å². The van der Waals surface area contributed by atoms with Crippen molar-refractivity contribution in [1.29, 1.82) is 0 Å². The summed E-state index contributed by atoms with van der Waals surface area (Å²) >= 11 is 3.39. The summed E-state index contributed by atoms with van der Waals surface area (Å²) in [6, 6.07) is 0. The molecule has 1 aliphatic rings. The molecule has 2 nitrogen and oxygen atoms in total. The zero-order chi connectivity index (χ0) is 7.61. The van der Waals surface area contributed by atoms with Gasteiger partial charge in [-0.1, -0.05) is 22.9 Å². The molecule has 1 aliphatic heterocycles. The molecule has 0 saturated heterocycles. The fraction of sp³-hybridized carbons (Fsp3) is 0.429. The average molecular weight is 203 g/mol. The maximum Gasteiger partial charge on any atom is 0.0690 e. The molecule has 3 N–H and O–H groups in total. The predicted molar refractivity (Wildman–Crippen MR) is 46.5 cm³/mol. The van der Waals surface area contributed by atoms with E-state index in [-0.39, 0.29) is 5.54 Å². The fourth-order valence-corrected chi connectivity index (χ4v) is 1.36. The average Bonchev–Trinajstić information content (AvgIpc) is 1.96. The number of rotatable bonds is 1. The van der Waals surface area contributed by atoms with Crippen LogP contribution in [0, 0.1) is 0 Å². The second-order valence-electron chi connectivity index (χ2n) is 2.39. The van der Waals surface area contributed by atoms with Gasteiger partial charge < -0.3 is 11.1 Å². The van der Waals surface area contributed by atoms with Crippen LogP contribution in [-0.2, 0) is 0 Å². The summed E-state index contributed by atoms with van der Waals surface area (Å²) in [5.74, 6) is 0. The third-order valence-electron chi connectivity index (χ3n) is 1.72. The van der Waals surface area contributed by atoms with Gasteiger partial charge in [0, 0.05) is 10.7 Å². The van der Waals surface area contributed by atoms with E-state index in [1.807, 2.05) is 18.5 Å². The maximum absolute atomic E-state index is 5.96. The summed E-state index contributed by atoms with van der Waals surface area (Å²) in [6.45, 7) is 2.06. The van der Waals surface area contributed by atoms with Crippen LogP contribution in [0.2, 0.25) is 0 Å². The van der Waals surface area contributed by atoms with Crippen LogP contribution in [0.3, 0.4) is 0 Å². The van der Waals surface area contributed by atoms with Crippen molar-refractivity contribution < 1.29 is 0 Å². The molecule has 0 aromatic rings. The summed E-state index contributed by atoms with van der Waals surface area (Å²) in [4.78, 5) is 0. The second-order valence-corrected chi connectivity index (χ2v) is 3.24. The third kappa shape index (κ3) is 1.25. The molecule has 0 bridgehead atoms. The Balaban J connectivity index is 2.83. The Hall–Kier alpha value is -0.280. The lowest BCUT2D eigenvalue weighted by molar-refractivity contribution is 0.609. The molecule has 0 saturated carbocycles. The van der Waals surface area contributed by atoms with Gasteiger partial charge in [0.25, 0.3) is 0 Å². The Morgan fingerprint density at radius 1 is 1.80 bits per heavy atom. The maximum atomic E-state index is 5.96. The Morgan fingerprint density at radius 3 is 2.90 bits per heavy atom. The lowest BCUT2D eigenvalue weighted by Crippen LogP contribution is -2.39. The molecule has 1 unspecified atom stereocenters. The van der Waals surface area contributed by atoms with E-state index in [0.29, 0.717) is 0 Å². The van der Waals surface area contributed by atoms with Crippen LogP contribution in [0.15, 0.2) is 23.0 Å². The summed E-state index contributed by atoms with van der Waals surface area (Å²) in [7, 11) is 0. The first kappa shape index (κ1) is 7.82. The topological polar surface area (TPSA) is 38.0 Å². The van der Waals surface area contributed by atoms with Crippen molar-refractivity contribution in [2.75, 3.05) is 0 Å². The van der Waals surface area contributed by atoms with E-state index < -0.39 is 0 Å². The van der Waals surface area contributed by atoms with E-state index in [4.69, 9.17) is 5.73 Å². The van der Waals surface area contributed by atoms with Gasteiger partial charge in [-0.2, -0.15) is 0 Å². The van der Waals surface area contributed by atoms with E-state index in [1.165, 1.54) is 0 Å². The van der Waals surface area contributed by atoms with Crippen molar-refractivity contribution in [3.8, 4) is 0 Å². The molecule has 10 heavy (non-hydrogen) atoms. The van der Waals surface area contributed by atoms with E-state index in [0.717, 1.165) is 10.9 Å². The quantitative estimate of drug-likeness (QED) is 0.676. The predicted octanol–water partition coefficient (Wildman–Crippen LogP) is 1.45. The Bertz CT molecular complexity index is 186. The molecular weight excluding hydrogens is 192 g/mol. The zero-order valence-corrected chi connectivity index (χ0v) is 7.48. The first-order valence-electron chi connectivity index (χ1n) is 3.28. The minimum Gasteiger partial charge on any atom is -0.367 e. The van der Waals surface area contributed by atoms with Gasteiger partial charge in [-0.25, -0.2) is 0 Å². The van der Waals surface area contributed by atoms with Gasteiger partial charge in [-0.05, 0) is 18.7 Å². The molecule has 1 atom stereocenters. The first-order valence-corrected chi connectivity index (χ1v) is 4.07. The molecular formula is C7H11BrN2. The minimum atomic E-state index is -0.286. The standard InChI is InChI=1S/C7H11BrN2/c1-2-7(9)3-4-10-5-6(7)8/h3-5,10H,2,9H2,1H3. The lowest BCUT2D eigenvalue weighted by atomic mass is 9.96. The molecule has 0 aromatic heterocycles. The molecule has 3 heteroatoms. The molecule has 1 heterocycles. The highest BCUT2D eigenvalue weighted by atomic mass is 79.9. The highest BCUT2D eigenvalue weighted by Gasteiger charge is 2.24. The Labute approximate surface area is 69.3 Å². The number of hydrogen-bond donors (Lipinski definition) is 2. The van der Waals surface area contributed by atoms with Crippen LogP contribution in [0.5, 0.6) is 0 Å². The highest BCUT2D eigenvalue weighted by Crippen LogP contribution is 2.25. The second kappa shape index (κ2) is 2.76. The lowest BCUT2D eigenvalue weighted by Gasteiger charge is -2.26. The third-order valence-corrected chi connectivity index (χ3v) is 2.68. The molecule has 1 rings (SSSR count). The SMILES string of the molecule is CCC1(N)C=CNC=C1Br. The number of dihydropyridines is 1. The first-order chi connectivity index (χ1) is 4.69. The van der Waals surface area contributed by atoms with Crippen LogP contribution in [-0.4, -0.2) is 5.54 Å². The molecule has 0 radical (unpaired) electrons. The largest absolute Gasteiger partial charge is 0.367 e. The summed E-state index contributed by atoms with van der Waals surface area (Å²) < 4.78 is 1.00. The van der Waals surface area contributed by atoms with E-state index >= 15 is 0 Å². The van der Waals surface area contributed by atoms with Crippen LogP contribution in [0.25, 0.3) is 0 Å². The number of nitrogens with one attached hydrogen (secondary N) is 1. The Morgan fingerprint density at radius 2 is 2.50 bits per heavy atom. The molecule has 0 spiro atoms. The minimum absolute atomic E-state index is 0.286. The van der Waals surface area contributed by atoms with Crippen molar-refractivity contribution >= 4 is 15.9 Å². The molecule has 56 valence electrons. The number of hydrogen-bond acceptors (Lipinski definition) is 2. The van der Waals surface area contributed by atoms with Gasteiger partial charge in [0.05, 0.1) is 5.54 Å². The van der Waals surface area contributed by atoms with Crippen LogP contribution in [0.4, 0.5) is 0 Å². The normalized spacial score (nSPS) is 31.3. The molecule has 0 fully saturated rings. The fourth-order valence-electron chi connectivity index (χ4n) is 0.819. The Kier molecular flexibility index (Phi) is 2.16. The van der Waals surface area contributed by atoms with Gasteiger partial charge >= 0.3 is 0 Å².